The van der Waals surface area contributed by atoms with Crippen molar-refractivity contribution in [3.63, 3.8) is 0 Å². The Morgan fingerprint density at radius 1 is 1.09 bits per heavy atom. The molecule has 2 amide bonds. The number of aliphatic hydroxyl groups is 1. The van der Waals surface area contributed by atoms with Crippen molar-refractivity contribution in [1.29, 1.82) is 0 Å². The van der Waals surface area contributed by atoms with Gasteiger partial charge in [0.05, 0.1) is 11.9 Å². The maximum Gasteiger partial charge on any atom is 0.335 e. The Kier molecular flexibility index (Phi) is 7.25. The van der Waals surface area contributed by atoms with E-state index in [1.165, 1.54) is 32.1 Å². The molecule has 0 aromatic carbocycles. The van der Waals surface area contributed by atoms with E-state index in [-0.39, 0.29) is 52.7 Å². The Hall–Kier alpha value is -2.43. The quantitative estimate of drug-likeness (QED) is 0.369. The number of nitrogens with zero attached hydrogens (tertiary/aromatic N) is 2. The van der Waals surface area contributed by atoms with Crippen molar-refractivity contribution in [2.45, 2.75) is 114 Å². The molecule has 0 unspecified atom stereocenters. The Morgan fingerprint density at radius 3 is 2.52 bits per heavy atom. The highest BCUT2D eigenvalue weighted by Crippen LogP contribution is 2.78. The first-order valence-corrected chi connectivity index (χ1v) is 16.8. The van der Waals surface area contributed by atoms with Crippen molar-refractivity contribution in [3.05, 3.63) is 34.4 Å². The third kappa shape index (κ3) is 4.33. The molecule has 7 rings (SSSR count). The zero-order chi connectivity index (χ0) is 31.1. The predicted molar refractivity (Wildman–Crippen MR) is 162 cm³/mol. The Labute approximate surface area is 259 Å². The smallest absolute Gasteiger partial charge is 0.335 e. The van der Waals surface area contributed by atoms with Crippen LogP contribution in [0.4, 0.5) is 4.79 Å². The summed E-state index contributed by atoms with van der Waals surface area (Å²) in [6.07, 6.45) is 8.90. The van der Waals surface area contributed by atoms with E-state index in [9.17, 15) is 19.5 Å². The minimum Gasteiger partial charge on any atom is -0.459 e. The summed E-state index contributed by atoms with van der Waals surface area (Å²) < 4.78 is 18.0. The van der Waals surface area contributed by atoms with Gasteiger partial charge in [0.15, 0.2) is 0 Å². The fraction of sp³-hybridized carbons (Fsp3) is 0.794. The van der Waals surface area contributed by atoms with E-state index < -0.39 is 22.9 Å². The zero-order valence-corrected chi connectivity index (χ0v) is 26.7. The number of esters is 1. The molecule has 1 aromatic heterocycles. The Bertz CT molecular complexity index is 1340. The number of hydrogen-bond donors (Lipinski definition) is 2. The van der Waals surface area contributed by atoms with Crippen LogP contribution in [-0.4, -0.2) is 89.6 Å². The maximum absolute atomic E-state index is 13.1. The lowest BCUT2D eigenvalue weighted by Gasteiger charge is -2.64. The first kappa shape index (κ1) is 30.2. The second kappa shape index (κ2) is 10.6. The molecule has 2 N–H and O–H groups in total. The average molecular weight is 612 g/mol. The van der Waals surface area contributed by atoms with Crippen molar-refractivity contribution in [3.8, 4) is 0 Å². The van der Waals surface area contributed by atoms with Gasteiger partial charge < -0.3 is 34.1 Å². The highest BCUT2D eigenvalue weighted by molar-refractivity contribution is 5.74. The molecule has 1 spiro atoms. The molecule has 2 saturated heterocycles. The Morgan fingerprint density at radius 2 is 1.82 bits per heavy atom. The third-order valence-electron chi connectivity index (χ3n) is 13.4. The van der Waals surface area contributed by atoms with Crippen LogP contribution in [0.5, 0.6) is 0 Å². The largest absolute Gasteiger partial charge is 0.459 e. The topological polar surface area (TPSA) is 125 Å². The molecule has 3 heterocycles. The van der Waals surface area contributed by atoms with Crippen LogP contribution in [0.1, 0.15) is 90.0 Å². The Balaban J connectivity index is 1.09. The molecule has 10 atom stereocenters. The van der Waals surface area contributed by atoms with Gasteiger partial charge in [0, 0.05) is 50.5 Å². The summed E-state index contributed by atoms with van der Waals surface area (Å²) in [4.78, 5) is 41.4. The molecule has 6 aliphatic rings. The number of rotatable bonds is 6. The third-order valence-corrected chi connectivity index (χ3v) is 13.4. The van der Waals surface area contributed by atoms with Gasteiger partial charge in [0.1, 0.15) is 17.8 Å². The second-order valence-electron chi connectivity index (χ2n) is 15.2. The van der Waals surface area contributed by atoms with E-state index in [2.05, 4.69) is 24.1 Å². The van der Waals surface area contributed by atoms with Gasteiger partial charge in [-0.15, -0.1) is 0 Å². The lowest BCUT2D eigenvalue weighted by Crippen LogP contribution is -2.66. The summed E-state index contributed by atoms with van der Waals surface area (Å²) in [5, 5.41) is 15.5. The fourth-order valence-electron chi connectivity index (χ4n) is 11.0. The van der Waals surface area contributed by atoms with Crippen LogP contribution >= 0.6 is 0 Å². The van der Waals surface area contributed by atoms with E-state index in [0.29, 0.717) is 19.4 Å². The first-order chi connectivity index (χ1) is 20.9. The molecule has 10 heteroatoms. The van der Waals surface area contributed by atoms with Crippen molar-refractivity contribution in [2.75, 3.05) is 33.2 Å². The van der Waals surface area contributed by atoms with Gasteiger partial charge in [-0.2, -0.15) is 0 Å². The lowest BCUT2D eigenvalue weighted by atomic mass is 9.42. The average Bonchev–Trinajstić information content (AvgIpc) is 3.42. The summed E-state index contributed by atoms with van der Waals surface area (Å²) in [6, 6.07) is 3.19. The highest BCUT2D eigenvalue weighted by Gasteiger charge is 2.85. The molecular weight excluding hydrogens is 562 g/mol. The van der Waals surface area contributed by atoms with Crippen LogP contribution in [0, 0.1) is 22.7 Å². The SMILES string of the molecule is CC(=O)O[C@H]1[C@H]2O[C@]23[C@@H]2CC[C@]4(O)C[C@@H](N(C)C(=O)NCCN5CCCC5)CC[C@]4(C)[C@H]2CC[C@]3(C)[C@H]1c1ccc(=O)oc1. The van der Waals surface area contributed by atoms with E-state index in [1.54, 1.807) is 0 Å². The first-order valence-electron chi connectivity index (χ1n) is 16.8. The summed E-state index contributed by atoms with van der Waals surface area (Å²) in [5.41, 5.74) is -1.47. The van der Waals surface area contributed by atoms with Crippen LogP contribution in [0.15, 0.2) is 27.6 Å². The number of ether oxygens (including phenoxy) is 2. The summed E-state index contributed by atoms with van der Waals surface area (Å²) >= 11 is 0. The summed E-state index contributed by atoms with van der Waals surface area (Å²) in [5.74, 6) is -0.00413. The lowest BCUT2D eigenvalue weighted by molar-refractivity contribution is -0.217. The van der Waals surface area contributed by atoms with Crippen LogP contribution < -0.4 is 10.9 Å². The van der Waals surface area contributed by atoms with Crippen LogP contribution in [0.2, 0.25) is 0 Å². The van der Waals surface area contributed by atoms with Crippen LogP contribution in [0.25, 0.3) is 0 Å². The minimum atomic E-state index is -0.869. The van der Waals surface area contributed by atoms with Gasteiger partial charge in [-0.25, -0.2) is 9.59 Å². The normalized spacial score (nSPS) is 44.1. The molecular formula is C34H49N3O7. The monoisotopic (exact) mass is 611 g/mol. The van der Waals surface area contributed by atoms with Crippen molar-refractivity contribution in [2.24, 2.45) is 22.7 Å². The molecule has 10 nitrogen and oxygen atoms in total. The number of epoxide rings is 1. The number of nitrogens with one attached hydrogen (secondary N) is 1. The van der Waals surface area contributed by atoms with Gasteiger partial charge in [0.2, 0.25) is 0 Å². The van der Waals surface area contributed by atoms with Crippen molar-refractivity contribution < 1.29 is 28.6 Å². The number of likely N-dealkylation sites (tertiary alicyclic amines) is 1. The van der Waals surface area contributed by atoms with Gasteiger partial charge in [-0.1, -0.05) is 13.8 Å². The van der Waals surface area contributed by atoms with Gasteiger partial charge in [0.25, 0.3) is 0 Å². The fourth-order valence-corrected chi connectivity index (χ4v) is 11.0. The number of carbonyl (C=O) groups excluding carboxylic acids is 2. The van der Waals surface area contributed by atoms with Crippen molar-refractivity contribution >= 4 is 12.0 Å². The number of carbonyl (C=O) groups is 2. The van der Waals surface area contributed by atoms with Crippen molar-refractivity contribution in [1.82, 2.24) is 15.1 Å². The molecule has 4 aliphatic carbocycles. The zero-order valence-electron chi connectivity index (χ0n) is 26.7. The van der Waals surface area contributed by atoms with Crippen LogP contribution in [0.3, 0.4) is 0 Å². The number of hydrogen-bond acceptors (Lipinski definition) is 8. The van der Waals surface area contributed by atoms with Gasteiger partial charge in [-0.05, 0) is 99.8 Å². The van der Waals surface area contributed by atoms with E-state index in [0.717, 1.165) is 57.3 Å². The van der Waals surface area contributed by atoms with E-state index in [4.69, 9.17) is 13.9 Å². The standard InChI is InChI=1S/C34H49N3O7/c1-21(38)43-28-27(22-7-8-26(39)42-20-22)32(3)13-10-24-25(34(32)29(28)44-34)11-14-33(41)19-23(9-12-31(24,33)2)36(4)30(40)35-15-18-37-16-5-6-17-37/h7-8,20,23-25,27-29,41H,5-6,9-19H2,1-4H3,(H,35,40)/t23-,24-,25+,27-,28+,29+,31+,32+,33-,34+/m0/s1. The predicted octanol–water partition coefficient (Wildman–Crippen LogP) is 3.66. The van der Waals surface area contributed by atoms with Crippen LogP contribution in [-0.2, 0) is 14.3 Å². The highest BCUT2D eigenvalue weighted by atomic mass is 16.7. The molecule has 44 heavy (non-hydrogen) atoms. The number of fused-ring (bicyclic) bond motifs is 3. The summed E-state index contributed by atoms with van der Waals surface area (Å²) in [6.45, 7) is 9.74. The molecule has 1 aromatic rings. The van der Waals surface area contributed by atoms with E-state index >= 15 is 0 Å². The molecule has 0 radical (unpaired) electrons. The maximum atomic E-state index is 13.1. The minimum absolute atomic E-state index is 0.00898. The molecule has 6 fully saturated rings. The van der Waals surface area contributed by atoms with Gasteiger partial charge in [-0.3, -0.25) is 4.79 Å². The number of urea groups is 1. The van der Waals surface area contributed by atoms with E-state index in [1.807, 2.05) is 18.0 Å². The second-order valence-corrected chi connectivity index (χ2v) is 15.2. The number of amides is 2. The molecule has 242 valence electrons. The molecule has 2 aliphatic heterocycles. The molecule has 4 saturated carbocycles. The summed E-state index contributed by atoms with van der Waals surface area (Å²) in [7, 11) is 1.88. The molecule has 0 bridgehead atoms. The van der Waals surface area contributed by atoms with Gasteiger partial charge >= 0.3 is 17.6 Å².